The molecule has 0 unspecified atom stereocenters. The molecule has 2 rings (SSSR count). The van der Waals surface area contributed by atoms with Crippen molar-refractivity contribution in [2.45, 2.75) is 39.8 Å². The van der Waals surface area contributed by atoms with E-state index in [0.29, 0.717) is 0 Å². The van der Waals surface area contributed by atoms with E-state index in [2.05, 4.69) is 60.3 Å². The zero-order chi connectivity index (χ0) is 15.8. The lowest BCUT2D eigenvalue weighted by Crippen LogP contribution is -2.39. The van der Waals surface area contributed by atoms with Gasteiger partial charge >= 0.3 is 0 Å². The van der Waals surface area contributed by atoms with Crippen molar-refractivity contribution in [2.75, 3.05) is 33.2 Å². The number of hydrogen-bond donors (Lipinski definition) is 1. The number of halogens is 1. The van der Waals surface area contributed by atoms with E-state index in [1.54, 1.807) is 0 Å². The van der Waals surface area contributed by atoms with Gasteiger partial charge in [-0.2, -0.15) is 0 Å². The van der Waals surface area contributed by atoms with Crippen molar-refractivity contribution in [1.29, 1.82) is 0 Å². The zero-order valence-electron chi connectivity index (χ0n) is 14.7. The Bertz CT molecular complexity index is 484. The molecule has 0 amide bonds. The van der Waals surface area contributed by atoms with Crippen LogP contribution in [0.1, 0.15) is 37.8 Å². The van der Waals surface area contributed by atoms with Gasteiger partial charge in [-0.15, -0.1) is 24.0 Å². The lowest BCUT2D eigenvalue weighted by molar-refractivity contribution is 0.345. The normalized spacial score (nSPS) is 15.0. The van der Waals surface area contributed by atoms with Crippen LogP contribution in [0.4, 0.5) is 0 Å². The number of nitrogens with one attached hydrogen (secondary N) is 1. The average molecular weight is 430 g/mol. The summed E-state index contributed by atoms with van der Waals surface area (Å²) in [5.41, 5.74) is 2.65. The summed E-state index contributed by atoms with van der Waals surface area (Å²) in [6.45, 7) is 10.3. The van der Waals surface area contributed by atoms with Gasteiger partial charge in [-0.25, -0.2) is 4.99 Å². The van der Waals surface area contributed by atoms with Gasteiger partial charge in [0.2, 0.25) is 0 Å². The molecule has 1 saturated heterocycles. The third-order valence-electron chi connectivity index (χ3n) is 4.14. The monoisotopic (exact) mass is 430 g/mol. The molecule has 0 saturated carbocycles. The molecule has 0 aliphatic carbocycles. The molecule has 0 aromatic heterocycles. The van der Waals surface area contributed by atoms with Crippen LogP contribution in [-0.4, -0.2) is 49.0 Å². The second-order valence-corrected chi connectivity index (χ2v) is 6.01. The molecule has 1 N–H and O–H groups in total. The maximum absolute atomic E-state index is 4.82. The first kappa shape index (κ1) is 20.2. The molecule has 4 nitrogen and oxygen atoms in total. The minimum Gasteiger partial charge on any atom is -0.357 e. The number of benzene rings is 1. The Morgan fingerprint density at radius 3 is 2.57 bits per heavy atom. The quantitative estimate of drug-likeness (QED) is 0.427. The summed E-state index contributed by atoms with van der Waals surface area (Å²) in [6.07, 6.45) is 2.56. The highest BCUT2D eigenvalue weighted by Gasteiger charge is 2.15. The van der Waals surface area contributed by atoms with E-state index in [9.17, 15) is 0 Å². The van der Waals surface area contributed by atoms with Crippen molar-refractivity contribution in [2.24, 2.45) is 4.99 Å². The molecule has 1 aromatic carbocycles. The van der Waals surface area contributed by atoms with Crippen molar-refractivity contribution in [3.8, 4) is 0 Å². The molecule has 0 bridgehead atoms. The fourth-order valence-corrected chi connectivity index (χ4v) is 2.77. The lowest BCUT2D eigenvalue weighted by Gasteiger charge is -2.20. The molecule has 5 heteroatoms. The van der Waals surface area contributed by atoms with E-state index in [4.69, 9.17) is 4.99 Å². The third kappa shape index (κ3) is 6.67. The summed E-state index contributed by atoms with van der Waals surface area (Å²) in [7, 11) is 2.15. The molecule has 1 aliphatic rings. The fourth-order valence-electron chi connectivity index (χ4n) is 2.77. The summed E-state index contributed by atoms with van der Waals surface area (Å²) in [4.78, 5) is 9.51. The van der Waals surface area contributed by atoms with Crippen LogP contribution in [0.2, 0.25) is 0 Å². The maximum Gasteiger partial charge on any atom is 0.194 e. The van der Waals surface area contributed by atoms with Crippen molar-refractivity contribution in [1.82, 2.24) is 15.1 Å². The van der Waals surface area contributed by atoms with Crippen LogP contribution in [0.25, 0.3) is 0 Å². The van der Waals surface area contributed by atoms with Crippen LogP contribution in [0, 0.1) is 0 Å². The first-order valence-electron chi connectivity index (χ1n) is 8.52. The summed E-state index contributed by atoms with van der Waals surface area (Å²) < 4.78 is 0. The average Bonchev–Trinajstić information content (AvgIpc) is 3.06. The molecular formula is C18H31IN4. The summed E-state index contributed by atoms with van der Waals surface area (Å²) in [5, 5.41) is 3.42. The fraction of sp³-hybridized carbons (Fsp3) is 0.611. The first-order chi connectivity index (χ1) is 10.7. The summed E-state index contributed by atoms with van der Waals surface area (Å²) in [6, 6.07) is 8.80. The van der Waals surface area contributed by atoms with Gasteiger partial charge in [0.05, 0.1) is 6.54 Å². The standard InChI is InChI=1S/C18H30N4.HI/c1-4-19-18(22-11-6-7-12-22)20-14-16-9-8-10-17(13-16)15-21(3)5-2;/h8-10,13H,4-7,11-12,14-15H2,1-3H3,(H,19,20);1H. The van der Waals surface area contributed by atoms with Gasteiger partial charge < -0.3 is 15.1 Å². The van der Waals surface area contributed by atoms with Crippen LogP contribution in [-0.2, 0) is 13.1 Å². The molecule has 23 heavy (non-hydrogen) atoms. The maximum atomic E-state index is 4.82. The van der Waals surface area contributed by atoms with Gasteiger partial charge in [0.25, 0.3) is 0 Å². The molecule has 0 spiro atoms. The summed E-state index contributed by atoms with van der Waals surface area (Å²) >= 11 is 0. The minimum atomic E-state index is 0. The van der Waals surface area contributed by atoms with Gasteiger partial charge in [0, 0.05) is 26.2 Å². The number of nitrogens with zero attached hydrogens (tertiary/aromatic N) is 3. The molecule has 0 radical (unpaired) electrons. The predicted octanol–water partition coefficient (Wildman–Crippen LogP) is 3.32. The van der Waals surface area contributed by atoms with Gasteiger partial charge in [-0.3, -0.25) is 0 Å². The molecular weight excluding hydrogens is 399 g/mol. The minimum absolute atomic E-state index is 0. The van der Waals surface area contributed by atoms with Crippen LogP contribution in [0.15, 0.2) is 29.3 Å². The topological polar surface area (TPSA) is 30.9 Å². The number of hydrogen-bond acceptors (Lipinski definition) is 2. The Kier molecular flexibility index (Phi) is 9.55. The third-order valence-corrected chi connectivity index (χ3v) is 4.14. The van der Waals surface area contributed by atoms with E-state index in [1.807, 2.05) is 0 Å². The highest BCUT2D eigenvalue weighted by Crippen LogP contribution is 2.11. The Morgan fingerprint density at radius 1 is 1.22 bits per heavy atom. The predicted molar refractivity (Wildman–Crippen MR) is 109 cm³/mol. The van der Waals surface area contributed by atoms with Crippen LogP contribution >= 0.6 is 24.0 Å². The Hall–Kier alpha value is -0.820. The van der Waals surface area contributed by atoms with Crippen LogP contribution in [0.3, 0.4) is 0 Å². The second kappa shape index (κ2) is 10.9. The zero-order valence-corrected chi connectivity index (χ0v) is 17.0. The number of aliphatic imine (C=N–C) groups is 1. The molecule has 1 heterocycles. The summed E-state index contributed by atoms with van der Waals surface area (Å²) in [5.74, 6) is 1.07. The molecule has 1 fully saturated rings. The molecule has 130 valence electrons. The largest absolute Gasteiger partial charge is 0.357 e. The van der Waals surface area contributed by atoms with E-state index >= 15 is 0 Å². The molecule has 1 aromatic rings. The SMILES string of the molecule is CCNC(=NCc1cccc(CN(C)CC)c1)N1CCCC1.I. The van der Waals surface area contributed by atoms with Gasteiger partial charge in [-0.1, -0.05) is 31.2 Å². The van der Waals surface area contributed by atoms with Crippen LogP contribution < -0.4 is 5.32 Å². The van der Waals surface area contributed by atoms with Crippen molar-refractivity contribution >= 4 is 29.9 Å². The second-order valence-electron chi connectivity index (χ2n) is 6.01. The van der Waals surface area contributed by atoms with Crippen LogP contribution in [0.5, 0.6) is 0 Å². The Morgan fingerprint density at radius 2 is 1.91 bits per heavy atom. The van der Waals surface area contributed by atoms with Gasteiger partial charge in [-0.05, 0) is 44.5 Å². The highest BCUT2D eigenvalue weighted by molar-refractivity contribution is 14.0. The number of likely N-dealkylation sites (tertiary alicyclic amines) is 1. The van der Waals surface area contributed by atoms with Crippen molar-refractivity contribution in [3.05, 3.63) is 35.4 Å². The van der Waals surface area contributed by atoms with Crippen molar-refractivity contribution in [3.63, 3.8) is 0 Å². The Balaban J connectivity index is 0.00000264. The van der Waals surface area contributed by atoms with Crippen molar-refractivity contribution < 1.29 is 0 Å². The van der Waals surface area contributed by atoms with E-state index in [1.165, 1.54) is 24.0 Å². The van der Waals surface area contributed by atoms with E-state index in [0.717, 1.165) is 45.2 Å². The van der Waals surface area contributed by atoms with E-state index in [-0.39, 0.29) is 24.0 Å². The van der Waals surface area contributed by atoms with Gasteiger partial charge in [0.1, 0.15) is 0 Å². The lowest BCUT2D eigenvalue weighted by atomic mass is 10.1. The number of guanidine groups is 1. The first-order valence-corrected chi connectivity index (χ1v) is 8.52. The molecule has 0 atom stereocenters. The van der Waals surface area contributed by atoms with E-state index < -0.39 is 0 Å². The highest BCUT2D eigenvalue weighted by atomic mass is 127. The Labute approximate surface area is 158 Å². The number of rotatable bonds is 6. The molecule has 1 aliphatic heterocycles. The smallest absolute Gasteiger partial charge is 0.194 e. The van der Waals surface area contributed by atoms with Gasteiger partial charge in [0.15, 0.2) is 5.96 Å².